The molecular weight excluding hydrogens is 338 g/mol. The molecule has 0 bridgehead atoms. The molecule has 0 amide bonds. The van der Waals surface area contributed by atoms with Crippen LogP contribution < -0.4 is 15.1 Å². The van der Waals surface area contributed by atoms with Crippen molar-refractivity contribution in [2.45, 2.75) is 27.1 Å². The average molecular weight is 354 g/mol. The van der Waals surface area contributed by atoms with Gasteiger partial charge in [0, 0.05) is 6.07 Å². The van der Waals surface area contributed by atoms with E-state index in [1.165, 1.54) is 38.3 Å². The molecule has 0 saturated carbocycles. The fourth-order valence-electron chi connectivity index (χ4n) is 2.28. The largest absolute Gasteiger partial charge is 0.493 e. The second-order valence-electron chi connectivity index (χ2n) is 5.12. The van der Waals surface area contributed by atoms with Crippen molar-refractivity contribution < 1.29 is 32.2 Å². The summed E-state index contributed by atoms with van der Waals surface area (Å²) in [6.45, 7) is -0.0107. The van der Waals surface area contributed by atoms with Crippen LogP contribution in [0.5, 0.6) is 11.5 Å². The van der Waals surface area contributed by atoms with Gasteiger partial charge in [-0.15, -0.1) is 0 Å². The van der Waals surface area contributed by atoms with E-state index >= 15 is 0 Å². The van der Waals surface area contributed by atoms with E-state index in [-0.39, 0.29) is 29.4 Å². The van der Waals surface area contributed by atoms with Crippen LogP contribution in [0.1, 0.15) is 27.2 Å². The maximum atomic E-state index is 12.3. The lowest BCUT2D eigenvalue weighted by molar-refractivity contribution is -0.0512. The van der Waals surface area contributed by atoms with Crippen molar-refractivity contribution in [3.8, 4) is 11.5 Å². The fourth-order valence-corrected chi connectivity index (χ4v) is 2.28. The minimum atomic E-state index is -2.98. The highest BCUT2D eigenvalue weighted by molar-refractivity contribution is 5.91. The van der Waals surface area contributed by atoms with E-state index in [2.05, 4.69) is 4.74 Å². The van der Waals surface area contributed by atoms with Crippen molar-refractivity contribution in [3.63, 3.8) is 0 Å². The molecule has 6 nitrogen and oxygen atoms in total. The Morgan fingerprint density at radius 1 is 1.20 bits per heavy atom. The van der Waals surface area contributed by atoms with Crippen molar-refractivity contribution >= 4 is 5.97 Å². The topological polar surface area (TPSA) is 75.0 Å². The number of hydrogen-bond donors (Lipinski definition) is 0. The predicted octanol–water partition coefficient (Wildman–Crippen LogP) is 3.22. The van der Waals surface area contributed by atoms with E-state index in [4.69, 9.17) is 13.9 Å². The Bertz CT molecular complexity index is 802. The second-order valence-corrected chi connectivity index (χ2v) is 5.12. The molecule has 134 valence electrons. The Morgan fingerprint density at radius 3 is 2.52 bits per heavy atom. The molecular formula is C17H16F2O6. The third-order valence-electron chi connectivity index (χ3n) is 3.35. The van der Waals surface area contributed by atoms with Gasteiger partial charge in [0.15, 0.2) is 11.5 Å². The van der Waals surface area contributed by atoms with Gasteiger partial charge in [0.05, 0.1) is 7.11 Å². The normalized spacial score (nSPS) is 10.6. The molecule has 0 saturated heterocycles. The molecule has 2 rings (SSSR count). The first-order valence-corrected chi connectivity index (χ1v) is 7.22. The maximum Gasteiger partial charge on any atom is 0.387 e. The highest BCUT2D eigenvalue weighted by atomic mass is 19.3. The van der Waals surface area contributed by atoms with Crippen LogP contribution in [0.3, 0.4) is 0 Å². The zero-order valence-electron chi connectivity index (χ0n) is 13.8. The first-order chi connectivity index (χ1) is 11.8. The summed E-state index contributed by atoms with van der Waals surface area (Å²) in [6.07, 6.45) is 0. The van der Waals surface area contributed by atoms with Crippen molar-refractivity contribution in [3.05, 3.63) is 57.1 Å². The lowest BCUT2D eigenvalue weighted by Crippen LogP contribution is -2.13. The van der Waals surface area contributed by atoms with Crippen molar-refractivity contribution in [2.24, 2.45) is 0 Å². The van der Waals surface area contributed by atoms with Gasteiger partial charge in [0.25, 0.3) is 0 Å². The van der Waals surface area contributed by atoms with Gasteiger partial charge in [0.1, 0.15) is 17.9 Å². The third-order valence-corrected chi connectivity index (χ3v) is 3.35. The highest BCUT2D eigenvalue weighted by Gasteiger charge is 2.17. The molecule has 1 heterocycles. The Morgan fingerprint density at radius 2 is 1.92 bits per heavy atom. The zero-order valence-corrected chi connectivity index (χ0v) is 13.8. The number of alkyl halides is 2. The minimum absolute atomic E-state index is 0.0897. The minimum Gasteiger partial charge on any atom is -0.493 e. The molecule has 1 aromatic carbocycles. The molecule has 0 spiro atoms. The van der Waals surface area contributed by atoms with E-state index in [0.717, 1.165) is 0 Å². The van der Waals surface area contributed by atoms with E-state index in [9.17, 15) is 18.4 Å². The first-order valence-electron chi connectivity index (χ1n) is 7.22. The van der Waals surface area contributed by atoms with Crippen LogP contribution >= 0.6 is 0 Å². The van der Waals surface area contributed by atoms with E-state index in [1.807, 2.05) is 0 Å². The number of aryl methyl sites for hydroxylation is 2. The number of esters is 1. The maximum absolute atomic E-state index is 12.3. The number of halogens is 2. The van der Waals surface area contributed by atoms with Crippen LogP contribution in [-0.4, -0.2) is 19.7 Å². The zero-order chi connectivity index (χ0) is 18.6. The van der Waals surface area contributed by atoms with Crippen LogP contribution in [0.25, 0.3) is 0 Å². The van der Waals surface area contributed by atoms with Gasteiger partial charge in [-0.2, -0.15) is 8.78 Å². The molecule has 0 radical (unpaired) electrons. The van der Waals surface area contributed by atoms with Crippen LogP contribution in [0.15, 0.2) is 33.5 Å². The second kappa shape index (κ2) is 7.78. The summed E-state index contributed by atoms with van der Waals surface area (Å²) in [5, 5.41) is 0. The van der Waals surface area contributed by atoms with Gasteiger partial charge in [0.2, 0.25) is 0 Å². The predicted molar refractivity (Wildman–Crippen MR) is 83.2 cm³/mol. The van der Waals surface area contributed by atoms with E-state index in [1.54, 1.807) is 6.92 Å². The Balaban J connectivity index is 2.13. The quantitative estimate of drug-likeness (QED) is 0.742. The summed E-state index contributed by atoms with van der Waals surface area (Å²) in [4.78, 5) is 23.4. The average Bonchev–Trinajstić information content (AvgIpc) is 2.52. The van der Waals surface area contributed by atoms with Gasteiger partial charge in [-0.25, -0.2) is 9.59 Å². The van der Waals surface area contributed by atoms with Crippen LogP contribution in [0, 0.1) is 13.8 Å². The van der Waals surface area contributed by atoms with Crippen LogP contribution in [-0.2, 0) is 11.3 Å². The molecule has 0 fully saturated rings. The van der Waals surface area contributed by atoms with Gasteiger partial charge in [-0.1, -0.05) is 6.07 Å². The van der Waals surface area contributed by atoms with Crippen LogP contribution in [0.2, 0.25) is 0 Å². The van der Waals surface area contributed by atoms with Gasteiger partial charge in [-0.3, -0.25) is 0 Å². The Kier molecular flexibility index (Phi) is 5.74. The number of carbonyl (C=O) groups is 1. The molecule has 8 heteroatoms. The summed E-state index contributed by atoms with van der Waals surface area (Å²) in [6, 6.07) is 5.39. The van der Waals surface area contributed by atoms with Crippen molar-refractivity contribution in [1.29, 1.82) is 0 Å². The molecule has 0 atom stereocenters. The van der Waals surface area contributed by atoms with Gasteiger partial charge >= 0.3 is 18.2 Å². The molecule has 0 unspecified atom stereocenters. The summed E-state index contributed by atoms with van der Waals surface area (Å²) in [5.74, 6) is -0.532. The summed E-state index contributed by atoms with van der Waals surface area (Å²) in [5.41, 5.74) is 0.576. The number of rotatable bonds is 6. The number of benzene rings is 1. The number of carbonyl (C=O) groups excluding carboxylic acids is 1. The summed E-state index contributed by atoms with van der Waals surface area (Å²) in [7, 11) is 1.31. The van der Waals surface area contributed by atoms with E-state index in [0.29, 0.717) is 11.1 Å². The van der Waals surface area contributed by atoms with Crippen LogP contribution in [0.4, 0.5) is 8.78 Å². The van der Waals surface area contributed by atoms with Gasteiger partial charge < -0.3 is 18.6 Å². The van der Waals surface area contributed by atoms with E-state index < -0.39 is 18.2 Å². The Labute approximate surface area is 141 Å². The van der Waals surface area contributed by atoms with Crippen molar-refractivity contribution in [2.75, 3.05) is 7.11 Å². The molecule has 1 aromatic heterocycles. The van der Waals surface area contributed by atoms with Gasteiger partial charge in [-0.05, 0) is 37.1 Å². The lowest BCUT2D eigenvalue weighted by Gasteiger charge is -2.12. The molecule has 25 heavy (non-hydrogen) atoms. The SMILES string of the molecule is COc1cc(COC(=O)c2c(C)cc(=O)oc2C)ccc1OC(F)F. The fraction of sp³-hybridized carbons (Fsp3) is 0.294. The highest BCUT2D eigenvalue weighted by Crippen LogP contribution is 2.29. The molecule has 2 aromatic rings. The number of ether oxygens (including phenoxy) is 3. The number of methoxy groups -OCH3 is 1. The molecule has 0 N–H and O–H groups in total. The standard InChI is InChI=1S/C17H16F2O6/c1-9-6-14(20)24-10(2)15(9)16(21)23-8-11-4-5-12(25-17(18)19)13(7-11)22-3/h4-7,17H,8H2,1-3H3. The first kappa shape index (κ1) is 18.4. The van der Waals surface area contributed by atoms with Crippen molar-refractivity contribution in [1.82, 2.24) is 0 Å². The smallest absolute Gasteiger partial charge is 0.387 e. The monoisotopic (exact) mass is 354 g/mol. The lowest BCUT2D eigenvalue weighted by atomic mass is 10.1. The Hall–Kier alpha value is -2.90. The molecule has 0 aliphatic rings. The molecule has 0 aliphatic heterocycles. The summed E-state index contributed by atoms with van der Waals surface area (Å²) < 4.78 is 44.0. The molecule has 0 aliphatic carbocycles. The number of hydrogen-bond acceptors (Lipinski definition) is 6. The summed E-state index contributed by atoms with van der Waals surface area (Å²) >= 11 is 0. The third kappa shape index (κ3) is 4.56.